The summed E-state index contributed by atoms with van der Waals surface area (Å²) in [6.07, 6.45) is 5.22. The second-order valence-electron chi connectivity index (χ2n) is 7.13. The molecule has 24 heavy (non-hydrogen) atoms. The minimum Gasteiger partial charge on any atom is -0.418 e. The third-order valence-corrected chi connectivity index (χ3v) is 6.02. The monoisotopic (exact) mass is 320 g/mol. The predicted octanol–water partition coefficient (Wildman–Crippen LogP) is 4.62. The summed E-state index contributed by atoms with van der Waals surface area (Å²) in [6.45, 7) is 0. The summed E-state index contributed by atoms with van der Waals surface area (Å²) >= 11 is 0. The zero-order valence-corrected chi connectivity index (χ0v) is 13.6. The molecule has 2 aromatic rings. The van der Waals surface area contributed by atoms with Crippen LogP contribution < -0.4 is 0 Å². The fourth-order valence-corrected chi connectivity index (χ4v) is 5.11. The second-order valence-corrected chi connectivity index (χ2v) is 7.13. The second kappa shape index (κ2) is 4.85. The van der Waals surface area contributed by atoms with Crippen molar-refractivity contribution in [1.82, 2.24) is 0 Å². The topological polar surface area (TPSA) is 35.5 Å². The summed E-state index contributed by atoms with van der Waals surface area (Å²) in [6, 6.07) is 16.8. The number of aryl methyl sites for hydroxylation is 2. The Kier molecular flexibility index (Phi) is 2.85. The summed E-state index contributed by atoms with van der Waals surface area (Å²) in [7, 11) is 0. The Balaban J connectivity index is 1.80. The maximum Gasteiger partial charge on any atom is 0.510 e. The van der Waals surface area contributed by atoms with Gasteiger partial charge in [0, 0.05) is 11.1 Å². The number of hydrogen-bond donors (Lipinski definition) is 0. The molecule has 122 valence electrons. The zero-order chi connectivity index (χ0) is 16.2. The van der Waals surface area contributed by atoms with Crippen LogP contribution in [0.1, 0.15) is 47.9 Å². The van der Waals surface area contributed by atoms with Gasteiger partial charge in [0.15, 0.2) is 11.2 Å². The van der Waals surface area contributed by atoms with E-state index in [9.17, 15) is 4.79 Å². The lowest BCUT2D eigenvalue weighted by atomic mass is 9.62. The molecule has 5 rings (SSSR count). The van der Waals surface area contributed by atoms with Crippen LogP contribution in [0.5, 0.6) is 0 Å². The van der Waals surface area contributed by atoms with Crippen molar-refractivity contribution in [3.63, 3.8) is 0 Å². The molecule has 0 amide bonds. The molecule has 0 radical (unpaired) electrons. The van der Waals surface area contributed by atoms with Crippen molar-refractivity contribution in [3.8, 4) is 0 Å². The van der Waals surface area contributed by atoms with Gasteiger partial charge in [0.25, 0.3) is 0 Å². The fraction of sp³-hybridized carbons (Fsp3) is 0.381. The molecule has 1 saturated heterocycles. The molecule has 1 heterocycles. The number of fused-ring (bicyclic) bond motifs is 5. The van der Waals surface area contributed by atoms with Gasteiger partial charge in [-0.2, -0.15) is 0 Å². The van der Waals surface area contributed by atoms with Crippen LogP contribution in [0.25, 0.3) is 0 Å². The van der Waals surface area contributed by atoms with Crippen LogP contribution in [0.4, 0.5) is 4.79 Å². The van der Waals surface area contributed by atoms with E-state index in [0.29, 0.717) is 0 Å². The lowest BCUT2D eigenvalue weighted by Gasteiger charge is -2.46. The first kappa shape index (κ1) is 14.1. The highest BCUT2D eigenvalue weighted by molar-refractivity contribution is 5.67. The van der Waals surface area contributed by atoms with Crippen molar-refractivity contribution >= 4 is 6.16 Å². The third-order valence-electron chi connectivity index (χ3n) is 6.02. The third kappa shape index (κ3) is 1.65. The van der Waals surface area contributed by atoms with E-state index in [2.05, 4.69) is 36.4 Å². The molecule has 0 aromatic heterocycles. The normalized spacial score (nSPS) is 30.6. The van der Waals surface area contributed by atoms with Gasteiger partial charge in [0.05, 0.1) is 0 Å². The van der Waals surface area contributed by atoms with Gasteiger partial charge < -0.3 is 9.47 Å². The molecular weight excluding hydrogens is 300 g/mol. The SMILES string of the molecule is O=C1O[C@]2(CCCc3ccccc32)[C@@]2(CCCc3ccccc32)O1. The molecule has 0 bridgehead atoms. The molecule has 3 nitrogen and oxygen atoms in total. The summed E-state index contributed by atoms with van der Waals surface area (Å²) in [4.78, 5) is 12.4. The fourth-order valence-electron chi connectivity index (χ4n) is 5.11. The van der Waals surface area contributed by atoms with Crippen molar-refractivity contribution in [2.45, 2.75) is 49.7 Å². The Morgan fingerprint density at radius 1 is 0.708 bits per heavy atom. The summed E-state index contributed by atoms with van der Waals surface area (Å²) in [5.74, 6) is 0. The van der Waals surface area contributed by atoms with Crippen molar-refractivity contribution in [1.29, 1.82) is 0 Å². The van der Waals surface area contributed by atoms with Crippen LogP contribution in [0.3, 0.4) is 0 Å². The predicted molar refractivity (Wildman–Crippen MR) is 89.7 cm³/mol. The van der Waals surface area contributed by atoms with E-state index in [-0.39, 0.29) is 0 Å². The van der Waals surface area contributed by atoms with Gasteiger partial charge in [0.2, 0.25) is 0 Å². The molecule has 2 aliphatic carbocycles. The van der Waals surface area contributed by atoms with Gasteiger partial charge in [-0.25, -0.2) is 4.79 Å². The molecule has 1 fully saturated rings. The highest BCUT2D eigenvalue weighted by atomic mass is 16.8. The maximum absolute atomic E-state index is 12.4. The molecule has 2 aromatic carbocycles. The molecule has 2 atom stereocenters. The van der Waals surface area contributed by atoms with Gasteiger partial charge >= 0.3 is 6.16 Å². The van der Waals surface area contributed by atoms with Gasteiger partial charge in [-0.1, -0.05) is 48.5 Å². The Bertz CT molecular complexity index is 760. The Morgan fingerprint density at radius 2 is 1.17 bits per heavy atom. The summed E-state index contributed by atoms with van der Waals surface area (Å²) in [5.41, 5.74) is 3.47. The van der Waals surface area contributed by atoms with Crippen LogP contribution in [0.15, 0.2) is 48.5 Å². The van der Waals surface area contributed by atoms with Crippen LogP contribution in [-0.2, 0) is 33.5 Å². The van der Waals surface area contributed by atoms with Gasteiger partial charge in [-0.3, -0.25) is 0 Å². The number of benzene rings is 2. The van der Waals surface area contributed by atoms with Gasteiger partial charge in [0.1, 0.15) is 0 Å². The molecular formula is C21H20O3. The highest BCUT2D eigenvalue weighted by Gasteiger charge is 2.66. The molecule has 0 N–H and O–H groups in total. The Hall–Kier alpha value is -2.29. The lowest BCUT2D eigenvalue weighted by molar-refractivity contribution is -0.0822. The van der Waals surface area contributed by atoms with Crippen LogP contribution >= 0.6 is 0 Å². The van der Waals surface area contributed by atoms with E-state index in [1.54, 1.807) is 0 Å². The van der Waals surface area contributed by atoms with Crippen LogP contribution in [-0.4, -0.2) is 6.16 Å². The van der Waals surface area contributed by atoms with Gasteiger partial charge in [-0.05, 0) is 49.7 Å². The first-order chi connectivity index (χ1) is 11.8. The first-order valence-corrected chi connectivity index (χ1v) is 8.84. The highest BCUT2D eigenvalue weighted by Crippen LogP contribution is 2.60. The number of hydrogen-bond acceptors (Lipinski definition) is 3. The van der Waals surface area contributed by atoms with Gasteiger partial charge in [-0.15, -0.1) is 0 Å². The molecule has 0 saturated carbocycles. The first-order valence-electron chi connectivity index (χ1n) is 8.84. The van der Waals surface area contributed by atoms with E-state index in [1.807, 2.05) is 12.1 Å². The number of carbonyl (C=O) groups excluding carboxylic acids is 1. The van der Waals surface area contributed by atoms with Crippen molar-refractivity contribution in [2.24, 2.45) is 0 Å². The van der Waals surface area contributed by atoms with Crippen molar-refractivity contribution < 1.29 is 14.3 Å². The summed E-state index contributed by atoms with van der Waals surface area (Å²) < 4.78 is 12.0. The largest absolute Gasteiger partial charge is 0.510 e. The van der Waals surface area contributed by atoms with E-state index in [4.69, 9.17) is 9.47 Å². The number of ether oxygens (including phenoxy) is 2. The quantitative estimate of drug-likeness (QED) is 0.665. The van der Waals surface area contributed by atoms with E-state index in [0.717, 1.165) is 49.7 Å². The van der Waals surface area contributed by atoms with Crippen molar-refractivity contribution in [2.75, 3.05) is 0 Å². The minimum absolute atomic E-state index is 0.525. The van der Waals surface area contributed by atoms with Crippen molar-refractivity contribution in [3.05, 3.63) is 70.8 Å². The summed E-state index contributed by atoms with van der Waals surface area (Å²) in [5, 5.41) is 0. The minimum atomic E-state index is -0.685. The van der Waals surface area contributed by atoms with E-state index in [1.165, 1.54) is 11.1 Å². The molecule has 2 spiro atoms. The molecule has 1 aliphatic heterocycles. The Labute approximate surface area is 141 Å². The van der Waals surface area contributed by atoms with Crippen LogP contribution in [0.2, 0.25) is 0 Å². The molecule has 3 heteroatoms. The van der Waals surface area contributed by atoms with Crippen LogP contribution in [0, 0.1) is 0 Å². The average Bonchev–Trinajstić information content (AvgIpc) is 2.88. The Morgan fingerprint density at radius 3 is 1.67 bits per heavy atom. The number of rotatable bonds is 0. The molecule has 0 unspecified atom stereocenters. The average molecular weight is 320 g/mol. The zero-order valence-electron chi connectivity index (χ0n) is 13.6. The van der Waals surface area contributed by atoms with E-state index >= 15 is 0 Å². The smallest absolute Gasteiger partial charge is 0.418 e. The molecule has 3 aliphatic rings. The maximum atomic E-state index is 12.4. The standard InChI is InChI=1S/C21H20O3/c22-19-23-20(13-5-9-15-7-1-3-11-17(15)20)21(24-19)14-6-10-16-8-2-4-12-18(16)21/h1-4,7-8,11-12H,5-6,9-10,13-14H2/t20-,21-/m0/s1. The number of carbonyl (C=O) groups is 1. The lowest BCUT2D eigenvalue weighted by Crippen LogP contribution is -2.50. The van der Waals surface area contributed by atoms with E-state index < -0.39 is 17.4 Å².